The molecule has 0 radical (unpaired) electrons. The smallest absolute Gasteiger partial charge is 0.312 e. The van der Waals surface area contributed by atoms with Gasteiger partial charge in [-0.3, -0.25) is 4.90 Å². The summed E-state index contributed by atoms with van der Waals surface area (Å²) in [7, 11) is 0. The average Bonchev–Trinajstić information content (AvgIpc) is 2.19. The molecule has 2 unspecified atom stereocenters. The number of rotatable bonds is 6. The lowest BCUT2D eigenvalue weighted by Crippen LogP contribution is -2.47. The van der Waals surface area contributed by atoms with E-state index in [9.17, 15) is 13.2 Å². The maximum atomic E-state index is 12.4. The summed E-state index contributed by atoms with van der Waals surface area (Å²) in [5, 5.41) is 3.34. The van der Waals surface area contributed by atoms with Gasteiger partial charge in [-0.25, -0.2) is 0 Å². The number of hydrogen-bond donors (Lipinski definition) is 1. The van der Waals surface area contributed by atoms with Gasteiger partial charge in [0.15, 0.2) is 0 Å². The lowest BCUT2D eigenvalue weighted by atomic mass is 10.00. The van der Waals surface area contributed by atoms with Gasteiger partial charge in [0.25, 0.3) is 0 Å². The van der Waals surface area contributed by atoms with Gasteiger partial charge in [0, 0.05) is 11.6 Å². The zero-order valence-electron chi connectivity index (χ0n) is 12.4. The predicted molar refractivity (Wildman–Crippen MR) is 69.7 cm³/mol. The van der Waals surface area contributed by atoms with Crippen molar-refractivity contribution in [3.05, 3.63) is 0 Å². The van der Waals surface area contributed by atoms with Crippen molar-refractivity contribution in [3.63, 3.8) is 0 Å². The van der Waals surface area contributed by atoms with Crippen molar-refractivity contribution >= 4 is 0 Å². The SMILES string of the molecule is CCN(CC(F)(F)F)C(C)C(C)CNC(C)(C)C. The highest BCUT2D eigenvalue weighted by molar-refractivity contribution is 4.79. The monoisotopic (exact) mass is 268 g/mol. The third kappa shape index (κ3) is 7.93. The summed E-state index contributed by atoms with van der Waals surface area (Å²) in [4.78, 5) is 1.48. The summed E-state index contributed by atoms with van der Waals surface area (Å²) in [6.07, 6.45) is -4.12. The Balaban J connectivity index is 4.36. The van der Waals surface area contributed by atoms with Crippen LogP contribution in [-0.2, 0) is 0 Å². The molecule has 2 atom stereocenters. The van der Waals surface area contributed by atoms with E-state index in [0.29, 0.717) is 6.54 Å². The Labute approximate surface area is 109 Å². The Hall–Kier alpha value is -0.290. The second kappa shape index (κ2) is 6.75. The minimum Gasteiger partial charge on any atom is -0.312 e. The molecule has 0 bridgehead atoms. The van der Waals surface area contributed by atoms with Crippen LogP contribution in [0.4, 0.5) is 13.2 Å². The van der Waals surface area contributed by atoms with Crippen molar-refractivity contribution in [2.24, 2.45) is 5.92 Å². The van der Waals surface area contributed by atoms with Crippen LogP contribution in [0.5, 0.6) is 0 Å². The fourth-order valence-electron chi connectivity index (χ4n) is 1.77. The van der Waals surface area contributed by atoms with Gasteiger partial charge in [0.05, 0.1) is 6.54 Å². The van der Waals surface area contributed by atoms with Crippen molar-refractivity contribution in [1.29, 1.82) is 0 Å². The van der Waals surface area contributed by atoms with Crippen molar-refractivity contribution in [2.45, 2.75) is 59.3 Å². The largest absolute Gasteiger partial charge is 0.401 e. The fraction of sp³-hybridized carbons (Fsp3) is 1.00. The van der Waals surface area contributed by atoms with E-state index >= 15 is 0 Å². The van der Waals surface area contributed by atoms with Gasteiger partial charge in [-0.15, -0.1) is 0 Å². The molecule has 0 amide bonds. The van der Waals surface area contributed by atoms with Crippen molar-refractivity contribution in [2.75, 3.05) is 19.6 Å². The van der Waals surface area contributed by atoms with Crippen LogP contribution in [0.3, 0.4) is 0 Å². The number of nitrogens with zero attached hydrogens (tertiary/aromatic N) is 1. The highest BCUT2D eigenvalue weighted by Gasteiger charge is 2.33. The standard InChI is InChI=1S/C13H27F3N2/c1-7-18(9-13(14,15)16)11(3)10(2)8-17-12(4,5)6/h10-11,17H,7-9H2,1-6H3. The van der Waals surface area contributed by atoms with Crippen LogP contribution in [-0.4, -0.2) is 42.3 Å². The maximum absolute atomic E-state index is 12.4. The molecular formula is C13H27F3N2. The molecular weight excluding hydrogens is 241 g/mol. The Kier molecular flexibility index (Phi) is 6.65. The zero-order valence-corrected chi connectivity index (χ0v) is 12.4. The quantitative estimate of drug-likeness (QED) is 0.795. The lowest BCUT2D eigenvalue weighted by Gasteiger charge is -2.34. The van der Waals surface area contributed by atoms with Gasteiger partial charge in [0.1, 0.15) is 0 Å². The summed E-state index contributed by atoms with van der Waals surface area (Å²) >= 11 is 0. The van der Waals surface area contributed by atoms with E-state index in [0.717, 1.165) is 6.54 Å². The van der Waals surface area contributed by atoms with E-state index in [-0.39, 0.29) is 17.5 Å². The van der Waals surface area contributed by atoms with Gasteiger partial charge >= 0.3 is 6.18 Å². The van der Waals surface area contributed by atoms with E-state index in [1.165, 1.54) is 4.90 Å². The fourth-order valence-corrected chi connectivity index (χ4v) is 1.77. The molecule has 2 nitrogen and oxygen atoms in total. The van der Waals surface area contributed by atoms with Crippen LogP contribution in [0, 0.1) is 5.92 Å². The molecule has 0 aliphatic heterocycles. The molecule has 1 N–H and O–H groups in total. The first-order valence-electron chi connectivity index (χ1n) is 6.52. The topological polar surface area (TPSA) is 15.3 Å². The Morgan fingerprint density at radius 1 is 1.11 bits per heavy atom. The normalized spacial score (nSPS) is 17.0. The van der Waals surface area contributed by atoms with Crippen LogP contribution in [0.15, 0.2) is 0 Å². The molecule has 0 saturated heterocycles. The highest BCUT2D eigenvalue weighted by Crippen LogP contribution is 2.20. The number of alkyl halides is 3. The first-order valence-corrected chi connectivity index (χ1v) is 6.52. The van der Waals surface area contributed by atoms with Crippen molar-refractivity contribution in [1.82, 2.24) is 10.2 Å². The van der Waals surface area contributed by atoms with E-state index in [4.69, 9.17) is 0 Å². The molecule has 0 aromatic rings. The maximum Gasteiger partial charge on any atom is 0.401 e. The lowest BCUT2D eigenvalue weighted by molar-refractivity contribution is -0.151. The second-order valence-electron chi connectivity index (χ2n) is 6.03. The minimum atomic E-state index is -4.12. The van der Waals surface area contributed by atoms with Crippen LogP contribution < -0.4 is 5.32 Å². The van der Waals surface area contributed by atoms with E-state index in [1.54, 1.807) is 6.92 Å². The van der Waals surface area contributed by atoms with Gasteiger partial charge in [-0.1, -0.05) is 13.8 Å². The van der Waals surface area contributed by atoms with Crippen LogP contribution >= 0.6 is 0 Å². The van der Waals surface area contributed by atoms with Gasteiger partial charge in [0.2, 0.25) is 0 Å². The second-order valence-corrected chi connectivity index (χ2v) is 6.03. The third-order valence-electron chi connectivity index (χ3n) is 3.14. The number of nitrogens with one attached hydrogen (secondary N) is 1. The molecule has 0 aromatic carbocycles. The van der Waals surface area contributed by atoms with Gasteiger partial charge < -0.3 is 5.32 Å². The van der Waals surface area contributed by atoms with Crippen molar-refractivity contribution < 1.29 is 13.2 Å². The zero-order chi connectivity index (χ0) is 14.6. The minimum absolute atomic E-state index is 0.00491. The van der Waals surface area contributed by atoms with E-state index in [1.807, 2.05) is 13.8 Å². The molecule has 0 saturated carbocycles. The Bertz CT molecular complexity index is 233. The van der Waals surface area contributed by atoms with Crippen LogP contribution in [0.2, 0.25) is 0 Å². The average molecular weight is 268 g/mol. The summed E-state index contributed by atoms with van der Waals surface area (Å²) in [6.45, 7) is 12.1. The van der Waals surface area contributed by atoms with Crippen LogP contribution in [0.25, 0.3) is 0 Å². The molecule has 0 aliphatic carbocycles. The first kappa shape index (κ1) is 17.7. The highest BCUT2D eigenvalue weighted by atomic mass is 19.4. The van der Waals surface area contributed by atoms with Gasteiger partial charge in [-0.05, 0) is 46.7 Å². The molecule has 0 spiro atoms. The van der Waals surface area contributed by atoms with Crippen LogP contribution in [0.1, 0.15) is 41.5 Å². The molecule has 0 fully saturated rings. The molecule has 110 valence electrons. The first-order chi connectivity index (χ1) is 7.96. The molecule has 5 heteroatoms. The van der Waals surface area contributed by atoms with E-state index < -0.39 is 12.7 Å². The Morgan fingerprint density at radius 2 is 1.61 bits per heavy atom. The molecule has 18 heavy (non-hydrogen) atoms. The summed E-state index contributed by atoms with van der Waals surface area (Å²) in [5.74, 6) is 0.173. The molecule has 0 aromatic heterocycles. The molecule has 0 heterocycles. The number of halogens is 3. The summed E-state index contributed by atoms with van der Waals surface area (Å²) in [6, 6.07) is -0.0912. The molecule has 0 aliphatic rings. The van der Waals surface area contributed by atoms with Gasteiger partial charge in [-0.2, -0.15) is 13.2 Å². The predicted octanol–water partition coefficient (Wildman–Crippen LogP) is 3.28. The summed E-state index contributed by atoms with van der Waals surface area (Å²) < 4.78 is 37.3. The van der Waals surface area contributed by atoms with E-state index in [2.05, 4.69) is 26.1 Å². The Morgan fingerprint density at radius 3 is 1.94 bits per heavy atom. The number of hydrogen-bond acceptors (Lipinski definition) is 2. The molecule has 0 rings (SSSR count). The third-order valence-corrected chi connectivity index (χ3v) is 3.14. The summed E-state index contributed by atoms with van der Waals surface area (Å²) in [5.41, 5.74) is -0.00491. The van der Waals surface area contributed by atoms with Crippen molar-refractivity contribution in [3.8, 4) is 0 Å².